The Morgan fingerprint density at radius 2 is 1.82 bits per heavy atom. The Morgan fingerprint density at radius 1 is 1.15 bits per heavy atom. The van der Waals surface area contributed by atoms with Crippen molar-refractivity contribution in [2.24, 2.45) is 0 Å². The monoisotopic (exact) mass is 539 g/mol. The lowest BCUT2D eigenvalue weighted by atomic mass is 10.1. The van der Waals surface area contributed by atoms with E-state index in [9.17, 15) is 18.0 Å². The summed E-state index contributed by atoms with van der Waals surface area (Å²) in [5.74, 6) is -0.326. The maximum Gasteiger partial charge on any atom is 0.244 e. The molecule has 0 aliphatic rings. The summed E-state index contributed by atoms with van der Waals surface area (Å²) in [6.07, 6.45) is 1.80. The van der Waals surface area contributed by atoms with Gasteiger partial charge in [0.2, 0.25) is 21.8 Å². The van der Waals surface area contributed by atoms with Crippen LogP contribution in [-0.2, 0) is 26.2 Å². The third-order valence-electron chi connectivity index (χ3n) is 5.00. The van der Waals surface area contributed by atoms with E-state index in [0.29, 0.717) is 18.0 Å². The van der Waals surface area contributed by atoms with Gasteiger partial charge in [-0.05, 0) is 43.2 Å². The fourth-order valence-electron chi connectivity index (χ4n) is 3.14. The van der Waals surface area contributed by atoms with Crippen LogP contribution in [-0.4, -0.2) is 57.6 Å². The maximum atomic E-state index is 13.4. The number of anilines is 1. The van der Waals surface area contributed by atoms with Crippen molar-refractivity contribution in [1.29, 1.82) is 0 Å². The average molecular weight is 540 g/mol. The first-order valence-corrected chi connectivity index (χ1v) is 13.1. The standard InChI is InChI=1S/C23H30BrN3O5S/c1-5-13-25-23(29)17(2)26(15-18-9-11-19(24)12-10-18)22(28)16-27(33(4,30)31)20-7-6-8-21(14-20)32-3/h6-12,14,17H,5,13,15-16H2,1-4H3,(H,25,29)/t17-/m0/s1. The van der Waals surface area contributed by atoms with Crippen LogP contribution in [0.25, 0.3) is 0 Å². The number of hydrogen-bond acceptors (Lipinski definition) is 5. The van der Waals surface area contributed by atoms with Gasteiger partial charge in [0.1, 0.15) is 18.3 Å². The number of benzene rings is 2. The Hall–Kier alpha value is -2.59. The van der Waals surface area contributed by atoms with Crippen LogP contribution < -0.4 is 14.4 Å². The number of carbonyl (C=O) groups is 2. The van der Waals surface area contributed by atoms with Gasteiger partial charge in [-0.2, -0.15) is 0 Å². The molecule has 1 atom stereocenters. The average Bonchev–Trinajstić information content (AvgIpc) is 2.79. The van der Waals surface area contributed by atoms with Crippen molar-refractivity contribution >= 4 is 43.5 Å². The Kier molecular flexibility index (Phi) is 9.72. The molecule has 33 heavy (non-hydrogen) atoms. The van der Waals surface area contributed by atoms with Gasteiger partial charge in [-0.1, -0.05) is 41.1 Å². The summed E-state index contributed by atoms with van der Waals surface area (Å²) >= 11 is 3.39. The predicted octanol–water partition coefficient (Wildman–Crippen LogP) is 3.17. The molecule has 0 aliphatic heterocycles. The fourth-order valence-corrected chi connectivity index (χ4v) is 4.25. The van der Waals surface area contributed by atoms with Gasteiger partial charge in [-0.3, -0.25) is 13.9 Å². The molecule has 0 unspecified atom stereocenters. The van der Waals surface area contributed by atoms with Gasteiger partial charge in [0.15, 0.2) is 0 Å². The van der Waals surface area contributed by atoms with Crippen LogP contribution >= 0.6 is 15.9 Å². The Balaban J connectivity index is 2.37. The molecule has 0 heterocycles. The number of hydrogen-bond donors (Lipinski definition) is 1. The van der Waals surface area contributed by atoms with Gasteiger partial charge < -0.3 is 15.0 Å². The lowest BCUT2D eigenvalue weighted by Gasteiger charge is -2.31. The minimum absolute atomic E-state index is 0.155. The van der Waals surface area contributed by atoms with Crippen LogP contribution in [0.2, 0.25) is 0 Å². The molecule has 8 nitrogen and oxygen atoms in total. The first-order chi connectivity index (χ1) is 15.6. The number of methoxy groups -OCH3 is 1. The molecular formula is C23H30BrN3O5S. The third-order valence-corrected chi connectivity index (χ3v) is 6.67. The van der Waals surface area contributed by atoms with E-state index >= 15 is 0 Å². The fraction of sp³-hybridized carbons (Fsp3) is 0.391. The summed E-state index contributed by atoms with van der Waals surface area (Å²) < 4.78 is 32.2. The highest BCUT2D eigenvalue weighted by atomic mass is 79.9. The van der Waals surface area contributed by atoms with E-state index in [2.05, 4.69) is 21.2 Å². The van der Waals surface area contributed by atoms with Gasteiger partial charge in [0.05, 0.1) is 19.1 Å². The van der Waals surface area contributed by atoms with Crippen molar-refractivity contribution in [2.75, 3.05) is 30.8 Å². The van der Waals surface area contributed by atoms with Gasteiger partial charge in [0.25, 0.3) is 0 Å². The van der Waals surface area contributed by atoms with E-state index in [-0.39, 0.29) is 12.5 Å². The molecule has 0 bridgehead atoms. The first kappa shape index (κ1) is 26.7. The molecule has 0 spiro atoms. The van der Waals surface area contributed by atoms with Crippen LogP contribution in [0, 0.1) is 0 Å². The number of ether oxygens (including phenoxy) is 1. The highest BCUT2D eigenvalue weighted by Gasteiger charge is 2.30. The van der Waals surface area contributed by atoms with Crippen LogP contribution in [0.4, 0.5) is 5.69 Å². The van der Waals surface area contributed by atoms with E-state index in [4.69, 9.17) is 4.74 Å². The molecule has 10 heteroatoms. The van der Waals surface area contributed by atoms with Crippen LogP contribution in [0.15, 0.2) is 53.0 Å². The highest BCUT2D eigenvalue weighted by molar-refractivity contribution is 9.10. The Bertz CT molecular complexity index is 1060. The second kappa shape index (κ2) is 12.0. The molecule has 2 rings (SSSR count). The molecule has 0 saturated carbocycles. The van der Waals surface area contributed by atoms with Crippen molar-refractivity contribution in [2.45, 2.75) is 32.9 Å². The van der Waals surface area contributed by atoms with E-state index in [1.165, 1.54) is 12.0 Å². The number of rotatable bonds is 11. The molecule has 0 aliphatic carbocycles. The molecule has 1 N–H and O–H groups in total. The molecular weight excluding hydrogens is 510 g/mol. The maximum absolute atomic E-state index is 13.4. The molecule has 2 amide bonds. The van der Waals surface area contributed by atoms with Crippen LogP contribution in [0.3, 0.4) is 0 Å². The van der Waals surface area contributed by atoms with E-state index < -0.39 is 28.5 Å². The number of halogens is 1. The Labute approximate surface area is 204 Å². The van der Waals surface area contributed by atoms with Gasteiger partial charge in [-0.25, -0.2) is 8.42 Å². The summed E-state index contributed by atoms with van der Waals surface area (Å²) in [4.78, 5) is 27.5. The van der Waals surface area contributed by atoms with Crippen molar-refractivity contribution < 1.29 is 22.7 Å². The molecule has 180 valence electrons. The number of nitrogens with zero attached hydrogens (tertiary/aromatic N) is 2. The van der Waals surface area contributed by atoms with Crippen LogP contribution in [0.5, 0.6) is 5.75 Å². The summed E-state index contributed by atoms with van der Waals surface area (Å²) in [6.45, 7) is 3.77. The van der Waals surface area contributed by atoms with Crippen molar-refractivity contribution in [3.05, 3.63) is 58.6 Å². The molecule has 0 fully saturated rings. The lowest BCUT2D eigenvalue weighted by molar-refractivity contribution is -0.139. The van der Waals surface area contributed by atoms with E-state index in [1.54, 1.807) is 31.2 Å². The molecule has 0 saturated heterocycles. The van der Waals surface area contributed by atoms with Gasteiger partial charge in [-0.15, -0.1) is 0 Å². The number of amides is 2. The number of sulfonamides is 1. The highest BCUT2D eigenvalue weighted by Crippen LogP contribution is 2.24. The second-order valence-electron chi connectivity index (χ2n) is 7.59. The van der Waals surface area contributed by atoms with E-state index in [0.717, 1.165) is 27.0 Å². The van der Waals surface area contributed by atoms with E-state index in [1.807, 2.05) is 31.2 Å². The van der Waals surface area contributed by atoms with Crippen molar-refractivity contribution in [3.8, 4) is 5.75 Å². The quantitative estimate of drug-likeness (QED) is 0.473. The third kappa shape index (κ3) is 7.75. The summed E-state index contributed by atoms with van der Waals surface area (Å²) in [7, 11) is -2.31. The molecule has 2 aromatic rings. The molecule has 0 aromatic heterocycles. The topological polar surface area (TPSA) is 96.0 Å². The zero-order valence-electron chi connectivity index (χ0n) is 19.2. The minimum Gasteiger partial charge on any atom is -0.497 e. The summed E-state index contributed by atoms with van der Waals surface area (Å²) in [6, 6.07) is 13.1. The SMILES string of the molecule is CCCNC(=O)[C@H](C)N(Cc1ccc(Br)cc1)C(=O)CN(c1cccc(OC)c1)S(C)(=O)=O. The second-order valence-corrected chi connectivity index (χ2v) is 10.4. The zero-order valence-corrected chi connectivity index (χ0v) is 21.6. The Morgan fingerprint density at radius 3 is 2.39 bits per heavy atom. The summed E-state index contributed by atoms with van der Waals surface area (Å²) in [5, 5.41) is 2.80. The number of nitrogens with one attached hydrogen (secondary N) is 1. The van der Waals surface area contributed by atoms with Crippen molar-refractivity contribution in [3.63, 3.8) is 0 Å². The van der Waals surface area contributed by atoms with Crippen LogP contribution in [0.1, 0.15) is 25.8 Å². The lowest BCUT2D eigenvalue weighted by Crippen LogP contribution is -2.51. The zero-order chi connectivity index (χ0) is 24.6. The number of carbonyl (C=O) groups excluding carboxylic acids is 2. The minimum atomic E-state index is -3.79. The molecule has 0 radical (unpaired) electrons. The molecule has 2 aromatic carbocycles. The first-order valence-electron chi connectivity index (χ1n) is 10.5. The largest absolute Gasteiger partial charge is 0.497 e. The smallest absolute Gasteiger partial charge is 0.244 e. The predicted molar refractivity (Wildman–Crippen MR) is 133 cm³/mol. The normalized spacial score (nSPS) is 12.0. The van der Waals surface area contributed by atoms with Gasteiger partial charge >= 0.3 is 0 Å². The van der Waals surface area contributed by atoms with Gasteiger partial charge in [0, 0.05) is 23.6 Å². The van der Waals surface area contributed by atoms with Crippen molar-refractivity contribution in [1.82, 2.24) is 10.2 Å². The summed E-state index contributed by atoms with van der Waals surface area (Å²) in [5.41, 5.74) is 1.12.